The molecule has 136 valence electrons. The molecule has 0 radical (unpaired) electrons. The minimum Gasteiger partial charge on any atom is -0.456 e. The van der Waals surface area contributed by atoms with Gasteiger partial charge in [-0.05, 0) is 39.2 Å². The molecule has 0 aliphatic heterocycles. The molecule has 0 aliphatic carbocycles. The fourth-order valence-corrected chi connectivity index (χ4v) is 2.37. The lowest BCUT2D eigenvalue weighted by molar-refractivity contribution is -0.148. The number of ether oxygens (including phenoxy) is 1. The van der Waals surface area contributed by atoms with Gasteiger partial charge in [0.05, 0.1) is 6.08 Å². The maximum atomic E-state index is 11.7. The molecule has 0 fully saturated rings. The zero-order valence-corrected chi connectivity index (χ0v) is 15.8. The molecule has 0 aliphatic rings. The first-order valence-corrected chi connectivity index (χ1v) is 9.00. The zero-order valence-electron chi connectivity index (χ0n) is 15.8. The summed E-state index contributed by atoms with van der Waals surface area (Å²) in [5, 5.41) is 10.6. The number of benzene rings is 1. The van der Waals surface area contributed by atoms with Crippen molar-refractivity contribution in [3.63, 3.8) is 0 Å². The number of unbranched alkanes of at least 4 members (excludes halogenated alkanes) is 3. The van der Waals surface area contributed by atoms with Crippen molar-refractivity contribution >= 4 is 5.97 Å². The van der Waals surface area contributed by atoms with Crippen LogP contribution in [0.4, 0.5) is 0 Å². The topological polar surface area (TPSA) is 46.5 Å². The largest absolute Gasteiger partial charge is 0.456 e. The molecular formula is C22H30O3. The summed E-state index contributed by atoms with van der Waals surface area (Å²) in [4.78, 5) is 11.7. The highest BCUT2D eigenvalue weighted by Gasteiger charge is 2.14. The standard InChI is InChI=1S/C22H30O3/c1-5-6-7-9-13-19(21(24)18-14-10-8-11-15-18)16-12-17-20(23)25-22(2,3)4/h8,10-11,14-15,17,21,24H,5-7,9,13H2,1-4H3. The minimum absolute atomic E-state index is 0.459. The third-order valence-corrected chi connectivity index (χ3v) is 3.57. The van der Waals surface area contributed by atoms with Crippen molar-refractivity contribution in [3.05, 3.63) is 59.0 Å². The van der Waals surface area contributed by atoms with Crippen molar-refractivity contribution in [2.45, 2.75) is 71.5 Å². The van der Waals surface area contributed by atoms with E-state index in [0.717, 1.165) is 36.8 Å². The van der Waals surface area contributed by atoms with Crippen LogP contribution in [-0.4, -0.2) is 16.7 Å². The van der Waals surface area contributed by atoms with Crippen LogP contribution in [0.1, 0.15) is 71.5 Å². The Morgan fingerprint density at radius 1 is 1.20 bits per heavy atom. The van der Waals surface area contributed by atoms with Crippen LogP contribution < -0.4 is 0 Å². The predicted molar refractivity (Wildman–Crippen MR) is 101 cm³/mol. The van der Waals surface area contributed by atoms with E-state index in [0.29, 0.717) is 0 Å². The Morgan fingerprint density at radius 2 is 1.88 bits per heavy atom. The lowest BCUT2D eigenvalue weighted by Crippen LogP contribution is -2.22. The van der Waals surface area contributed by atoms with E-state index in [1.54, 1.807) is 0 Å². The van der Waals surface area contributed by atoms with E-state index in [-0.39, 0.29) is 0 Å². The lowest BCUT2D eigenvalue weighted by Gasteiger charge is -2.17. The van der Waals surface area contributed by atoms with E-state index in [9.17, 15) is 9.90 Å². The quantitative estimate of drug-likeness (QED) is 0.303. The van der Waals surface area contributed by atoms with Crippen molar-refractivity contribution in [1.29, 1.82) is 0 Å². The van der Waals surface area contributed by atoms with E-state index in [1.165, 1.54) is 12.5 Å². The Kier molecular flexibility index (Phi) is 9.02. The van der Waals surface area contributed by atoms with Gasteiger partial charge >= 0.3 is 5.97 Å². The Balaban J connectivity index is 2.96. The van der Waals surface area contributed by atoms with Crippen LogP contribution in [0.25, 0.3) is 0 Å². The fourth-order valence-electron chi connectivity index (χ4n) is 2.37. The second kappa shape index (κ2) is 10.7. The number of hydrogen-bond donors (Lipinski definition) is 1. The van der Waals surface area contributed by atoms with Gasteiger partial charge in [-0.3, -0.25) is 0 Å². The molecule has 0 saturated heterocycles. The number of carbonyl (C=O) groups excluding carboxylic acids is 1. The zero-order chi connectivity index (χ0) is 18.7. The van der Waals surface area contributed by atoms with Gasteiger partial charge in [-0.15, -0.1) is 0 Å². The molecule has 0 heterocycles. The van der Waals surface area contributed by atoms with Gasteiger partial charge < -0.3 is 9.84 Å². The van der Waals surface area contributed by atoms with E-state index < -0.39 is 17.7 Å². The molecule has 1 aromatic rings. The average Bonchev–Trinajstić information content (AvgIpc) is 2.55. The summed E-state index contributed by atoms with van der Waals surface area (Å²) in [5.74, 6) is -0.459. The Bertz CT molecular complexity index is 625. The van der Waals surface area contributed by atoms with Crippen molar-refractivity contribution in [2.24, 2.45) is 0 Å². The SMILES string of the molecule is CCCCCCC(=C=C=CC(=O)OC(C)(C)C)C(O)c1ccccc1. The van der Waals surface area contributed by atoms with Gasteiger partial charge in [0.1, 0.15) is 11.7 Å². The average molecular weight is 342 g/mol. The Labute approximate surface area is 151 Å². The van der Waals surface area contributed by atoms with Gasteiger partial charge in [0, 0.05) is 5.57 Å². The van der Waals surface area contributed by atoms with Crippen LogP contribution in [-0.2, 0) is 9.53 Å². The molecule has 1 unspecified atom stereocenters. The predicted octanol–water partition coefficient (Wildman–Crippen LogP) is 5.27. The number of aliphatic hydroxyl groups is 1. The molecule has 0 spiro atoms. The van der Waals surface area contributed by atoms with E-state index in [2.05, 4.69) is 18.4 Å². The number of carbonyl (C=O) groups is 1. The maximum absolute atomic E-state index is 11.7. The van der Waals surface area contributed by atoms with Crippen LogP contribution in [0, 0.1) is 0 Å². The van der Waals surface area contributed by atoms with Gasteiger partial charge in [-0.1, -0.05) is 68.0 Å². The van der Waals surface area contributed by atoms with Crippen LogP contribution in [0.3, 0.4) is 0 Å². The molecule has 3 heteroatoms. The van der Waals surface area contributed by atoms with Gasteiger partial charge in [-0.25, -0.2) is 4.79 Å². The summed E-state index contributed by atoms with van der Waals surface area (Å²) in [7, 11) is 0. The Hall–Kier alpha value is -2.05. The first kappa shape index (κ1) is 21.0. The number of aliphatic hydroxyl groups excluding tert-OH is 1. The van der Waals surface area contributed by atoms with Crippen LogP contribution >= 0.6 is 0 Å². The van der Waals surface area contributed by atoms with Crippen LogP contribution in [0.5, 0.6) is 0 Å². The maximum Gasteiger partial charge on any atom is 0.339 e. The fraction of sp³-hybridized carbons (Fsp3) is 0.500. The number of hydrogen-bond acceptors (Lipinski definition) is 3. The summed E-state index contributed by atoms with van der Waals surface area (Å²) in [6.07, 6.45) is 5.65. The van der Waals surface area contributed by atoms with Crippen LogP contribution in [0.15, 0.2) is 53.4 Å². The van der Waals surface area contributed by atoms with Gasteiger partial charge in [-0.2, -0.15) is 0 Å². The van der Waals surface area contributed by atoms with Gasteiger partial charge in [0.25, 0.3) is 0 Å². The highest BCUT2D eigenvalue weighted by atomic mass is 16.6. The second-order valence-corrected chi connectivity index (χ2v) is 7.10. The molecule has 25 heavy (non-hydrogen) atoms. The summed E-state index contributed by atoms with van der Waals surface area (Å²) in [6, 6.07) is 9.48. The lowest BCUT2D eigenvalue weighted by atomic mass is 9.97. The van der Waals surface area contributed by atoms with Crippen molar-refractivity contribution in [2.75, 3.05) is 0 Å². The molecule has 1 N–H and O–H groups in total. The highest BCUT2D eigenvalue weighted by Crippen LogP contribution is 2.25. The van der Waals surface area contributed by atoms with E-state index in [1.807, 2.05) is 51.1 Å². The molecule has 1 aromatic carbocycles. The molecule has 0 saturated carbocycles. The second-order valence-electron chi connectivity index (χ2n) is 7.10. The van der Waals surface area contributed by atoms with Crippen molar-refractivity contribution in [3.8, 4) is 0 Å². The first-order valence-electron chi connectivity index (χ1n) is 9.00. The summed E-state index contributed by atoms with van der Waals surface area (Å²) >= 11 is 0. The smallest absolute Gasteiger partial charge is 0.339 e. The van der Waals surface area contributed by atoms with Gasteiger partial charge in [0.15, 0.2) is 0 Å². The molecule has 0 aromatic heterocycles. The summed E-state index contributed by atoms with van der Waals surface area (Å²) in [5.41, 5.74) is 6.75. The number of rotatable bonds is 8. The molecule has 0 amide bonds. The molecule has 1 atom stereocenters. The molecule has 0 bridgehead atoms. The third-order valence-electron chi connectivity index (χ3n) is 3.57. The van der Waals surface area contributed by atoms with Crippen LogP contribution in [0.2, 0.25) is 0 Å². The van der Waals surface area contributed by atoms with Gasteiger partial charge in [0.2, 0.25) is 0 Å². The monoisotopic (exact) mass is 342 g/mol. The summed E-state index contributed by atoms with van der Waals surface area (Å²) in [6.45, 7) is 7.61. The molecule has 3 nitrogen and oxygen atoms in total. The Morgan fingerprint density at radius 3 is 2.48 bits per heavy atom. The van der Waals surface area contributed by atoms with Crippen molar-refractivity contribution < 1.29 is 14.6 Å². The summed E-state index contributed by atoms with van der Waals surface area (Å²) < 4.78 is 5.21. The molecule has 1 rings (SSSR count). The highest BCUT2D eigenvalue weighted by molar-refractivity contribution is 5.82. The number of esters is 1. The third kappa shape index (κ3) is 9.12. The van der Waals surface area contributed by atoms with Crippen molar-refractivity contribution in [1.82, 2.24) is 0 Å². The molecular weight excluding hydrogens is 312 g/mol. The first-order chi connectivity index (χ1) is 11.8. The van der Waals surface area contributed by atoms with E-state index in [4.69, 9.17) is 4.74 Å². The van der Waals surface area contributed by atoms with E-state index >= 15 is 0 Å². The normalized spacial score (nSPS) is 11.9. The minimum atomic E-state index is -0.734.